The standard InChI is InChI=1S/C21H20N4O4S/c26-18(11-16-13-30-21(24-16)25-9-1-4-19(25)27)22-12-14-5-7-15(8-6-14)23-20(28)17-3-2-10-29-17/h2-3,5-8,10,13H,1,4,9,11-12H2,(H,22,26)(H,23,28). The fourth-order valence-corrected chi connectivity index (χ4v) is 3.95. The Morgan fingerprint density at radius 2 is 2.03 bits per heavy atom. The van der Waals surface area contributed by atoms with E-state index >= 15 is 0 Å². The van der Waals surface area contributed by atoms with Crippen molar-refractivity contribution < 1.29 is 18.8 Å². The monoisotopic (exact) mass is 424 g/mol. The third-order valence-corrected chi connectivity index (χ3v) is 5.54. The molecule has 30 heavy (non-hydrogen) atoms. The maximum Gasteiger partial charge on any atom is 0.291 e. The van der Waals surface area contributed by atoms with Crippen LogP contribution in [0.15, 0.2) is 52.5 Å². The lowest BCUT2D eigenvalue weighted by atomic mass is 10.2. The first kappa shape index (κ1) is 19.8. The molecule has 0 saturated carbocycles. The SMILES string of the molecule is O=C(Cc1csc(N2CCCC2=O)n1)NCc1ccc(NC(=O)c2ccco2)cc1. The highest BCUT2D eigenvalue weighted by Gasteiger charge is 2.24. The van der Waals surface area contributed by atoms with Crippen LogP contribution in [0.1, 0.15) is 34.7 Å². The Kier molecular flexibility index (Phi) is 5.89. The van der Waals surface area contributed by atoms with Crippen LogP contribution in [-0.2, 0) is 22.6 Å². The minimum atomic E-state index is -0.320. The highest BCUT2D eigenvalue weighted by Crippen LogP contribution is 2.25. The van der Waals surface area contributed by atoms with Gasteiger partial charge in [-0.05, 0) is 36.2 Å². The zero-order chi connectivity index (χ0) is 20.9. The lowest BCUT2D eigenvalue weighted by Crippen LogP contribution is -2.25. The molecule has 1 fully saturated rings. The summed E-state index contributed by atoms with van der Waals surface area (Å²) in [5.74, 6) is -0.135. The fourth-order valence-electron chi connectivity index (χ4n) is 3.09. The summed E-state index contributed by atoms with van der Waals surface area (Å²) in [6.45, 7) is 1.06. The summed E-state index contributed by atoms with van der Waals surface area (Å²) in [7, 11) is 0. The summed E-state index contributed by atoms with van der Waals surface area (Å²) in [6.07, 6.45) is 3.01. The number of carbonyl (C=O) groups excluding carboxylic acids is 3. The third kappa shape index (κ3) is 4.74. The van der Waals surface area contributed by atoms with Crippen LogP contribution in [0.3, 0.4) is 0 Å². The molecule has 9 heteroatoms. The topological polar surface area (TPSA) is 105 Å². The van der Waals surface area contributed by atoms with E-state index in [-0.39, 0.29) is 29.9 Å². The smallest absolute Gasteiger partial charge is 0.291 e. The second-order valence-corrected chi connectivity index (χ2v) is 7.69. The van der Waals surface area contributed by atoms with Gasteiger partial charge in [0.15, 0.2) is 10.9 Å². The molecule has 0 atom stereocenters. The molecule has 1 aromatic carbocycles. The van der Waals surface area contributed by atoms with Crippen molar-refractivity contribution in [2.45, 2.75) is 25.8 Å². The molecule has 8 nitrogen and oxygen atoms in total. The Morgan fingerprint density at radius 3 is 2.73 bits per heavy atom. The van der Waals surface area contributed by atoms with E-state index in [2.05, 4.69) is 15.6 Å². The van der Waals surface area contributed by atoms with Crippen LogP contribution >= 0.6 is 11.3 Å². The number of rotatable bonds is 7. The first-order valence-corrected chi connectivity index (χ1v) is 10.4. The number of carbonyl (C=O) groups is 3. The molecular formula is C21H20N4O4S. The van der Waals surface area contributed by atoms with Gasteiger partial charge in [-0.3, -0.25) is 19.3 Å². The Morgan fingerprint density at radius 1 is 1.20 bits per heavy atom. The molecule has 0 unspecified atom stereocenters. The van der Waals surface area contributed by atoms with E-state index in [0.29, 0.717) is 36.0 Å². The molecule has 3 amide bonds. The Bertz CT molecular complexity index is 1040. The lowest BCUT2D eigenvalue weighted by Gasteiger charge is -2.10. The van der Waals surface area contributed by atoms with Gasteiger partial charge in [0.1, 0.15) is 0 Å². The molecule has 2 N–H and O–H groups in total. The lowest BCUT2D eigenvalue weighted by molar-refractivity contribution is -0.120. The Hall–Kier alpha value is -3.46. The van der Waals surface area contributed by atoms with Gasteiger partial charge < -0.3 is 15.1 Å². The van der Waals surface area contributed by atoms with Crippen molar-refractivity contribution >= 4 is 39.9 Å². The van der Waals surface area contributed by atoms with E-state index in [0.717, 1.165) is 12.0 Å². The average Bonchev–Trinajstić information content (AvgIpc) is 3.49. The number of furan rings is 1. The molecule has 2 aromatic heterocycles. The molecule has 0 aliphatic carbocycles. The molecule has 3 aromatic rings. The zero-order valence-corrected chi connectivity index (χ0v) is 16.9. The molecule has 0 spiro atoms. The van der Waals surface area contributed by atoms with Crippen molar-refractivity contribution in [2.24, 2.45) is 0 Å². The first-order valence-electron chi connectivity index (χ1n) is 9.54. The van der Waals surface area contributed by atoms with E-state index in [1.54, 1.807) is 29.2 Å². The minimum absolute atomic E-state index is 0.0872. The van der Waals surface area contributed by atoms with Crippen LogP contribution in [0.5, 0.6) is 0 Å². The average molecular weight is 424 g/mol. The molecule has 1 aliphatic rings. The van der Waals surface area contributed by atoms with E-state index in [1.165, 1.54) is 17.6 Å². The van der Waals surface area contributed by atoms with Gasteiger partial charge >= 0.3 is 0 Å². The summed E-state index contributed by atoms with van der Waals surface area (Å²) in [5, 5.41) is 8.08. The second kappa shape index (κ2) is 8.91. The number of nitrogens with zero attached hydrogens (tertiary/aromatic N) is 2. The number of hydrogen-bond acceptors (Lipinski definition) is 6. The Balaban J connectivity index is 1.25. The van der Waals surface area contributed by atoms with Crippen LogP contribution in [-0.4, -0.2) is 29.3 Å². The van der Waals surface area contributed by atoms with Crippen molar-refractivity contribution in [1.29, 1.82) is 0 Å². The summed E-state index contributed by atoms with van der Waals surface area (Å²) in [4.78, 5) is 42.1. The van der Waals surface area contributed by atoms with Crippen molar-refractivity contribution in [3.63, 3.8) is 0 Å². The van der Waals surface area contributed by atoms with Crippen molar-refractivity contribution in [3.05, 3.63) is 65.1 Å². The van der Waals surface area contributed by atoms with E-state index in [1.807, 2.05) is 17.5 Å². The predicted octanol–water partition coefficient (Wildman–Crippen LogP) is 2.97. The van der Waals surface area contributed by atoms with Crippen LogP contribution in [0.4, 0.5) is 10.8 Å². The van der Waals surface area contributed by atoms with Crippen molar-refractivity contribution in [1.82, 2.24) is 10.3 Å². The Labute approximate surface area is 176 Å². The molecule has 1 aliphatic heterocycles. The molecule has 3 heterocycles. The number of nitrogens with one attached hydrogen (secondary N) is 2. The largest absolute Gasteiger partial charge is 0.459 e. The highest BCUT2D eigenvalue weighted by atomic mass is 32.1. The van der Waals surface area contributed by atoms with Crippen LogP contribution in [0.25, 0.3) is 0 Å². The van der Waals surface area contributed by atoms with Gasteiger partial charge in [0.25, 0.3) is 5.91 Å². The molecular weight excluding hydrogens is 404 g/mol. The minimum Gasteiger partial charge on any atom is -0.459 e. The summed E-state index contributed by atoms with van der Waals surface area (Å²) in [6, 6.07) is 10.4. The number of anilines is 2. The number of thiazole rings is 1. The number of benzene rings is 1. The number of amides is 3. The summed E-state index contributed by atoms with van der Waals surface area (Å²) >= 11 is 1.39. The molecule has 1 saturated heterocycles. The van der Waals surface area contributed by atoms with E-state index < -0.39 is 0 Å². The summed E-state index contributed by atoms with van der Waals surface area (Å²) in [5.41, 5.74) is 2.20. The highest BCUT2D eigenvalue weighted by molar-refractivity contribution is 7.14. The van der Waals surface area contributed by atoms with Crippen molar-refractivity contribution in [2.75, 3.05) is 16.8 Å². The molecule has 154 valence electrons. The van der Waals surface area contributed by atoms with Crippen molar-refractivity contribution in [3.8, 4) is 0 Å². The zero-order valence-electron chi connectivity index (χ0n) is 16.1. The maximum absolute atomic E-state index is 12.2. The normalized spacial score (nSPS) is 13.5. The molecule has 0 bridgehead atoms. The van der Waals surface area contributed by atoms with Gasteiger partial charge in [0, 0.05) is 30.6 Å². The van der Waals surface area contributed by atoms with Crippen LogP contribution in [0, 0.1) is 0 Å². The molecule has 0 radical (unpaired) electrons. The van der Waals surface area contributed by atoms with Gasteiger partial charge in [-0.2, -0.15) is 0 Å². The fraction of sp³-hybridized carbons (Fsp3) is 0.238. The summed E-state index contributed by atoms with van der Waals surface area (Å²) < 4.78 is 5.06. The number of hydrogen-bond donors (Lipinski definition) is 2. The number of aromatic nitrogens is 1. The predicted molar refractivity (Wildman–Crippen MR) is 112 cm³/mol. The maximum atomic E-state index is 12.2. The van der Waals surface area contributed by atoms with E-state index in [9.17, 15) is 14.4 Å². The second-order valence-electron chi connectivity index (χ2n) is 6.85. The third-order valence-electron chi connectivity index (χ3n) is 4.63. The quantitative estimate of drug-likeness (QED) is 0.607. The van der Waals surface area contributed by atoms with Gasteiger partial charge in [0.05, 0.1) is 18.4 Å². The molecule has 4 rings (SSSR count). The van der Waals surface area contributed by atoms with Crippen LogP contribution < -0.4 is 15.5 Å². The first-order chi connectivity index (χ1) is 14.6. The van der Waals surface area contributed by atoms with Gasteiger partial charge in [0.2, 0.25) is 11.8 Å². The van der Waals surface area contributed by atoms with Gasteiger partial charge in [-0.15, -0.1) is 11.3 Å². The van der Waals surface area contributed by atoms with Gasteiger partial charge in [-0.1, -0.05) is 12.1 Å². The van der Waals surface area contributed by atoms with Gasteiger partial charge in [-0.25, -0.2) is 4.98 Å². The van der Waals surface area contributed by atoms with E-state index in [4.69, 9.17) is 4.42 Å². The van der Waals surface area contributed by atoms with Crippen LogP contribution in [0.2, 0.25) is 0 Å².